The molecule has 2 aromatic carbocycles. The van der Waals surface area contributed by atoms with Gasteiger partial charge in [0.1, 0.15) is 0 Å². The number of esters is 1. The molecule has 0 aromatic heterocycles. The predicted molar refractivity (Wildman–Crippen MR) is 107 cm³/mol. The Morgan fingerprint density at radius 1 is 1.21 bits per heavy atom. The van der Waals surface area contributed by atoms with E-state index in [2.05, 4.69) is 5.32 Å². The number of para-hydroxylation sites is 1. The van der Waals surface area contributed by atoms with Crippen molar-refractivity contribution in [3.8, 4) is 0 Å². The van der Waals surface area contributed by atoms with E-state index in [1.807, 2.05) is 32.0 Å². The van der Waals surface area contributed by atoms with Gasteiger partial charge in [0.25, 0.3) is 5.91 Å². The summed E-state index contributed by atoms with van der Waals surface area (Å²) in [6.07, 6.45) is 0.0305. The number of halogens is 1. The van der Waals surface area contributed by atoms with Gasteiger partial charge in [0, 0.05) is 18.7 Å². The lowest BCUT2D eigenvalue weighted by Crippen LogP contribution is -2.28. The fourth-order valence-corrected chi connectivity index (χ4v) is 3.40. The van der Waals surface area contributed by atoms with E-state index >= 15 is 0 Å². The molecule has 6 nitrogen and oxygen atoms in total. The van der Waals surface area contributed by atoms with Gasteiger partial charge in [0.05, 0.1) is 16.6 Å². The molecular formula is C21H21ClN2O4. The molecule has 1 aliphatic rings. The number of nitrogens with zero attached hydrogens (tertiary/aromatic N) is 1. The van der Waals surface area contributed by atoms with Crippen molar-refractivity contribution in [2.75, 3.05) is 23.4 Å². The number of carbonyl (C=O) groups is 3. The third kappa shape index (κ3) is 4.51. The van der Waals surface area contributed by atoms with Crippen LogP contribution in [-0.2, 0) is 19.1 Å². The highest BCUT2D eigenvalue weighted by Gasteiger charge is 2.37. The Bertz CT molecular complexity index is 928. The minimum Gasteiger partial charge on any atom is -0.455 e. The highest BCUT2D eigenvalue weighted by molar-refractivity contribution is 6.33. The van der Waals surface area contributed by atoms with Crippen LogP contribution in [0.15, 0.2) is 42.5 Å². The summed E-state index contributed by atoms with van der Waals surface area (Å²) in [7, 11) is 0. The zero-order valence-electron chi connectivity index (χ0n) is 15.7. The molecule has 146 valence electrons. The largest absolute Gasteiger partial charge is 0.455 e. The van der Waals surface area contributed by atoms with E-state index in [4.69, 9.17) is 16.3 Å². The molecule has 0 radical (unpaired) electrons. The summed E-state index contributed by atoms with van der Waals surface area (Å²) in [5.41, 5.74) is 3.26. The van der Waals surface area contributed by atoms with Crippen molar-refractivity contribution in [3.63, 3.8) is 0 Å². The van der Waals surface area contributed by atoms with Gasteiger partial charge >= 0.3 is 5.97 Å². The van der Waals surface area contributed by atoms with Gasteiger partial charge < -0.3 is 15.0 Å². The third-order valence-electron chi connectivity index (χ3n) is 4.60. The number of anilines is 2. The van der Waals surface area contributed by atoms with Crippen LogP contribution in [0.2, 0.25) is 5.02 Å². The maximum atomic E-state index is 12.3. The molecule has 0 unspecified atom stereocenters. The summed E-state index contributed by atoms with van der Waals surface area (Å²) in [5.74, 6) is -1.82. The van der Waals surface area contributed by atoms with Crippen LogP contribution in [0.5, 0.6) is 0 Å². The third-order valence-corrected chi connectivity index (χ3v) is 4.92. The molecule has 1 atom stereocenters. The SMILES string of the molecule is Cc1ccc(NC(=O)COC(=O)[C@@H]2CC(=O)N(c3ccccc3Cl)C2)c(C)c1. The van der Waals surface area contributed by atoms with Crippen molar-refractivity contribution in [1.29, 1.82) is 0 Å². The second kappa shape index (κ2) is 8.44. The summed E-state index contributed by atoms with van der Waals surface area (Å²) in [4.78, 5) is 38.1. The second-order valence-electron chi connectivity index (χ2n) is 6.83. The number of rotatable bonds is 5. The number of ether oxygens (including phenoxy) is 1. The number of aryl methyl sites for hydroxylation is 2. The van der Waals surface area contributed by atoms with E-state index in [1.165, 1.54) is 4.90 Å². The average molecular weight is 401 g/mol. The minimum absolute atomic E-state index is 0.0305. The Morgan fingerprint density at radius 3 is 2.68 bits per heavy atom. The Hall–Kier alpha value is -2.86. The Balaban J connectivity index is 1.54. The molecule has 1 aliphatic heterocycles. The molecule has 1 fully saturated rings. The molecule has 3 rings (SSSR count). The van der Waals surface area contributed by atoms with Gasteiger partial charge in [-0.15, -0.1) is 0 Å². The van der Waals surface area contributed by atoms with Gasteiger partial charge in [-0.25, -0.2) is 0 Å². The molecule has 0 saturated carbocycles. The lowest BCUT2D eigenvalue weighted by molar-refractivity contribution is -0.151. The van der Waals surface area contributed by atoms with Gasteiger partial charge in [0.15, 0.2) is 6.61 Å². The van der Waals surface area contributed by atoms with E-state index < -0.39 is 24.4 Å². The Kier molecular flexibility index (Phi) is 5.99. The average Bonchev–Trinajstić information content (AvgIpc) is 3.04. The van der Waals surface area contributed by atoms with Gasteiger partial charge in [-0.2, -0.15) is 0 Å². The summed E-state index contributed by atoms with van der Waals surface area (Å²) in [6.45, 7) is 3.64. The van der Waals surface area contributed by atoms with E-state index in [1.54, 1.807) is 24.3 Å². The standard InChI is InChI=1S/C21H21ClN2O4/c1-13-7-8-17(14(2)9-13)23-19(25)12-28-21(27)15-10-20(26)24(11-15)18-6-4-3-5-16(18)22/h3-9,15H,10-12H2,1-2H3,(H,23,25)/t15-/m1/s1. The van der Waals surface area contributed by atoms with Crippen molar-refractivity contribution in [3.05, 3.63) is 58.6 Å². The van der Waals surface area contributed by atoms with Gasteiger partial charge in [-0.05, 0) is 37.6 Å². The van der Waals surface area contributed by atoms with Crippen LogP contribution in [0.25, 0.3) is 0 Å². The summed E-state index contributed by atoms with van der Waals surface area (Å²) < 4.78 is 5.12. The first-order valence-corrected chi connectivity index (χ1v) is 9.31. The second-order valence-corrected chi connectivity index (χ2v) is 7.24. The quantitative estimate of drug-likeness (QED) is 0.779. The van der Waals surface area contributed by atoms with Crippen LogP contribution in [0.3, 0.4) is 0 Å². The Labute approximate surface area is 168 Å². The van der Waals surface area contributed by atoms with Crippen molar-refractivity contribution >= 4 is 40.8 Å². The van der Waals surface area contributed by atoms with E-state index in [-0.39, 0.29) is 18.9 Å². The highest BCUT2D eigenvalue weighted by atomic mass is 35.5. The molecule has 0 bridgehead atoms. The number of hydrogen-bond donors (Lipinski definition) is 1. The number of nitrogens with one attached hydrogen (secondary N) is 1. The number of hydrogen-bond acceptors (Lipinski definition) is 4. The maximum absolute atomic E-state index is 12.3. The van der Waals surface area contributed by atoms with Gasteiger partial charge in [-0.1, -0.05) is 41.4 Å². The Morgan fingerprint density at radius 2 is 1.96 bits per heavy atom. The molecule has 7 heteroatoms. The smallest absolute Gasteiger partial charge is 0.311 e. The number of carbonyl (C=O) groups excluding carboxylic acids is 3. The number of benzene rings is 2. The highest BCUT2D eigenvalue weighted by Crippen LogP contribution is 2.31. The fraction of sp³-hybridized carbons (Fsp3) is 0.286. The van der Waals surface area contributed by atoms with Crippen LogP contribution < -0.4 is 10.2 Å². The molecule has 2 aromatic rings. The first kappa shape index (κ1) is 19.9. The summed E-state index contributed by atoms with van der Waals surface area (Å²) in [6, 6.07) is 12.6. The molecule has 1 heterocycles. The molecule has 28 heavy (non-hydrogen) atoms. The van der Waals surface area contributed by atoms with Crippen molar-refractivity contribution in [2.45, 2.75) is 20.3 Å². The molecule has 1 saturated heterocycles. The van der Waals surface area contributed by atoms with Crippen LogP contribution in [-0.4, -0.2) is 30.9 Å². The molecule has 1 N–H and O–H groups in total. The zero-order valence-corrected chi connectivity index (χ0v) is 16.5. The van der Waals surface area contributed by atoms with Crippen LogP contribution >= 0.6 is 11.6 Å². The van der Waals surface area contributed by atoms with Crippen molar-refractivity contribution in [2.24, 2.45) is 5.92 Å². The lowest BCUT2D eigenvalue weighted by atomic mass is 10.1. The van der Waals surface area contributed by atoms with E-state index in [0.29, 0.717) is 16.4 Å². The molecule has 2 amide bonds. The fourth-order valence-electron chi connectivity index (χ4n) is 3.16. The maximum Gasteiger partial charge on any atom is 0.311 e. The van der Waals surface area contributed by atoms with Crippen LogP contribution in [0, 0.1) is 19.8 Å². The van der Waals surface area contributed by atoms with Crippen LogP contribution in [0.1, 0.15) is 17.5 Å². The van der Waals surface area contributed by atoms with Gasteiger partial charge in [0.2, 0.25) is 5.91 Å². The lowest BCUT2D eigenvalue weighted by Gasteiger charge is -2.17. The van der Waals surface area contributed by atoms with Crippen molar-refractivity contribution < 1.29 is 19.1 Å². The summed E-state index contributed by atoms with van der Waals surface area (Å²) in [5, 5.41) is 3.17. The van der Waals surface area contributed by atoms with E-state index in [0.717, 1.165) is 11.1 Å². The zero-order chi connectivity index (χ0) is 20.3. The first-order chi connectivity index (χ1) is 13.3. The minimum atomic E-state index is -0.627. The van der Waals surface area contributed by atoms with Crippen molar-refractivity contribution in [1.82, 2.24) is 0 Å². The summed E-state index contributed by atoms with van der Waals surface area (Å²) >= 11 is 6.14. The topological polar surface area (TPSA) is 75.7 Å². The van der Waals surface area contributed by atoms with Crippen LogP contribution in [0.4, 0.5) is 11.4 Å². The van der Waals surface area contributed by atoms with Gasteiger partial charge in [-0.3, -0.25) is 14.4 Å². The molecular weight excluding hydrogens is 380 g/mol. The van der Waals surface area contributed by atoms with E-state index in [9.17, 15) is 14.4 Å². The molecule has 0 spiro atoms. The number of amides is 2. The predicted octanol–water partition coefficient (Wildman–Crippen LogP) is 3.49. The normalized spacial score (nSPS) is 16.2. The monoisotopic (exact) mass is 400 g/mol. The first-order valence-electron chi connectivity index (χ1n) is 8.94. The molecule has 0 aliphatic carbocycles.